The molecule has 0 aliphatic heterocycles. The average molecular weight is 488 g/mol. The van der Waals surface area contributed by atoms with Gasteiger partial charge in [0, 0.05) is 38.3 Å². The van der Waals surface area contributed by atoms with E-state index in [9.17, 15) is 9.18 Å². The third kappa shape index (κ3) is 6.06. The Morgan fingerprint density at radius 1 is 1.00 bits per heavy atom. The number of benzene rings is 1. The molecule has 0 atom stereocenters. The Bertz CT molecular complexity index is 723. The summed E-state index contributed by atoms with van der Waals surface area (Å²) >= 11 is 0. The maximum atomic E-state index is 12.6. The molecular formula is C17H12FIrN2O2-. The SMILES string of the molecule is Fc1c[c-]c(-c2ccccn2)cc1.O=C(O)c1ccccn1.[Ir]. The zero-order valence-corrected chi connectivity index (χ0v) is 14.2. The number of pyridine rings is 2. The van der Waals surface area contributed by atoms with Crippen molar-refractivity contribution in [1.82, 2.24) is 9.97 Å². The normalized spacial score (nSPS) is 9.09. The van der Waals surface area contributed by atoms with Crippen LogP contribution >= 0.6 is 0 Å². The van der Waals surface area contributed by atoms with E-state index in [0.29, 0.717) is 0 Å². The van der Waals surface area contributed by atoms with E-state index in [1.165, 1.54) is 24.4 Å². The molecule has 0 aliphatic carbocycles. The van der Waals surface area contributed by atoms with Gasteiger partial charge in [-0.3, -0.25) is 4.39 Å². The van der Waals surface area contributed by atoms with Gasteiger partial charge in [-0.2, -0.15) is 0 Å². The summed E-state index contributed by atoms with van der Waals surface area (Å²) in [5.74, 6) is -1.27. The van der Waals surface area contributed by atoms with Crippen molar-refractivity contribution in [3.63, 3.8) is 0 Å². The molecule has 3 rings (SSSR count). The van der Waals surface area contributed by atoms with E-state index in [2.05, 4.69) is 16.0 Å². The molecule has 119 valence electrons. The Labute approximate surface area is 146 Å². The predicted octanol–water partition coefficient (Wildman–Crippen LogP) is 3.47. The van der Waals surface area contributed by atoms with Crippen LogP contribution in [0.1, 0.15) is 10.5 Å². The van der Waals surface area contributed by atoms with Crippen LogP contribution in [0.2, 0.25) is 0 Å². The minimum absolute atomic E-state index is 0. The molecule has 2 heterocycles. The van der Waals surface area contributed by atoms with Crippen LogP contribution in [-0.4, -0.2) is 21.0 Å². The Hall–Kier alpha value is -2.43. The first kappa shape index (κ1) is 18.6. The molecule has 0 saturated heterocycles. The van der Waals surface area contributed by atoms with Gasteiger partial charge in [0.2, 0.25) is 0 Å². The second-order valence-corrected chi connectivity index (χ2v) is 4.16. The minimum atomic E-state index is -0.990. The molecule has 1 N–H and O–H groups in total. The van der Waals surface area contributed by atoms with E-state index in [4.69, 9.17) is 5.11 Å². The standard InChI is InChI=1S/C11H7FN.C6H5NO2.Ir/c12-10-6-4-9(5-7-10)11-3-1-2-8-13-11;8-6(9)5-3-1-2-4-7-5;/h1-4,6-8H;1-4H,(H,8,9);/q-1;;. The number of aromatic carboxylic acids is 1. The summed E-state index contributed by atoms with van der Waals surface area (Å²) in [5, 5.41) is 8.32. The fourth-order valence-corrected chi connectivity index (χ4v) is 1.58. The van der Waals surface area contributed by atoms with Crippen LogP contribution in [0.15, 0.2) is 67.0 Å². The fourth-order valence-electron chi connectivity index (χ4n) is 1.58. The molecule has 23 heavy (non-hydrogen) atoms. The molecule has 0 aliphatic rings. The zero-order chi connectivity index (χ0) is 15.8. The van der Waals surface area contributed by atoms with Gasteiger partial charge in [-0.1, -0.05) is 18.2 Å². The van der Waals surface area contributed by atoms with Gasteiger partial charge < -0.3 is 10.1 Å². The number of hydrogen-bond acceptors (Lipinski definition) is 3. The fraction of sp³-hybridized carbons (Fsp3) is 0. The topological polar surface area (TPSA) is 63.1 Å². The molecule has 0 saturated carbocycles. The van der Waals surface area contributed by atoms with Gasteiger partial charge in [-0.15, -0.1) is 29.8 Å². The number of rotatable bonds is 2. The smallest absolute Gasteiger partial charge is 0.354 e. The van der Waals surface area contributed by atoms with Gasteiger partial charge in [-0.25, -0.2) is 9.78 Å². The van der Waals surface area contributed by atoms with Gasteiger partial charge in [0.25, 0.3) is 0 Å². The molecule has 2 aromatic heterocycles. The van der Waals surface area contributed by atoms with E-state index in [-0.39, 0.29) is 31.6 Å². The van der Waals surface area contributed by atoms with E-state index in [1.807, 2.05) is 18.2 Å². The second-order valence-electron chi connectivity index (χ2n) is 4.16. The number of nitrogens with zero attached hydrogens (tertiary/aromatic N) is 2. The van der Waals surface area contributed by atoms with Crippen molar-refractivity contribution >= 4 is 5.97 Å². The van der Waals surface area contributed by atoms with Crippen molar-refractivity contribution in [2.45, 2.75) is 0 Å². The molecule has 4 nitrogen and oxygen atoms in total. The summed E-state index contributed by atoms with van der Waals surface area (Å²) in [5.41, 5.74) is 1.70. The van der Waals surface area contributed by atoms with E-state index in [1.54, 1.807) is 24.4 Å². The number of carboxylic acid groups (broad SMARTS) is 1. The molecule has 3 aromatic rings. The van der Waals surface area contributed by atoms with Crippen LogP contribution in [0.4, 0.5) is 4.39 Å². The first-order valence-corrected chi connectivity index (χ1v) is 6.40. The van der Waals surface area contributed by atoms with Crippen LogP contribution in [0.25, 0.3) is 11.3 Å². The average Bonchev–Trinajstić information content (AvgIpc) is 2.58. The van der Waals surface area contributed by atoms with Crippen molar-refractivity contribution in [3.8, 4) is 11.3 Å². The Morgan fingerprint density at radius 2 is 1.70 bits per heavy atom. The van der Waals surface area contributed by atoms with Crippen LogP contribution < -0.4 is 0 Å². The van der Waals surface area contributed by atoms with Crippen LogP contribution in [0.5, 0.6) is 0 Å². The van der Waals surface area contributed by atoms with Crippen LogP contribution in [0, 0.1) is 11.9 Å². The third-order valence-electron chi connectivity index (χ3n) is 2.60. The molecule has 1 radical (unpaired) electrons. The van der Waals surface area contributed by atoms with Crippen molar-refractivity contribution in [3.05, 3.63) is 84.6 Å². The van der Waals surface area contributed by atoms with Gasteiger partial charge in [0.1, 0.15) is 5.69 Å². The van der Waals surface area contributed by atoms with Crippen molar-refractivity contribution in [2.75, 3.05) is 0 Å². The van der Waals surface area contributed by atoms with Gasteiger partial charge in [0.05, 0.1) is 0 Å². The number of halogens is 1. The summed E-state index contributed by atoms with van der Waals surface area (Å²) in [6.07, 6.45) is 3.15. The Kier molecular flexibility index (Phi) is 7.74. The quantitative estimate of drug-likeness (QED) is 0.563. The Balaban J connectivity index is 0.000000235. The zero-order valence-electron chi connectivity index (χ0n) is 11.8. The summed E-state index contributed by atoms with van der Waals surface area (Å²) in [6, 6.07) is 17.5. The molecule has 0 fully saturated rings. The minimum Gasteiger partial charge on any atom is -0.477 e. The molecule has 6 heteroatoms. The molecular weight excluding hydrogens is 475 g/mol. The third-order valence-corrected chi connectivity index (χ3v) is 2.60. The summed E-state index contributed by atoms with van der Waals surface area (Å²) in [6.45, 7) is 0. The van der Waals surface area contributed by atoms with Crippen LogP contribution in [0.3, 0.4) is 0 Å². The predicted molar refractivity (Wildman–Crippen MR) is 79.7 cm³/mol. The number of hydrogen-bond donors (Lipinski definition) is 1. The molecule has 0 spiro atoms. The number of carbonyl (C=O) groups is 1. The van der Waals surface area contributed by atoms with E-state index in [0.717, 1.165) is 11.3 Å². The summed E-state index contributed by atoms with van der Waals surface area (Å²) in [4.78, 5) is 17.8. The first-order valence-electron chi connectivity index (χ1n) is 6.40. The largest absolute Gasteiger partial charge is 0.477 e. The van der Waals surface area contributed by atoms with E-state index >= 15 is 0 Å². The van der Waals surface area contributed by atoms with Gasteiger partial charge in [-0.05, 0) is 23.9 Å². The maximum absolute atomic E-state index is 12.6. The second kappa shape index (κ2) is 9.56. The number of aromatic nitrogens is 2. The monoisotopic (exact) mass is 488 g/mol. The molecule has 0 unspecified atom stereocenters. The van der Waals surface area contributed by atoms with Crippen molar-refractivity contribution in [1.29, 1.82) is 0 Å². The Morgan fingerprint density at radius 3 is 2.13 bits per heavy atom. The maximum Gasteiger partial charge on any atom is 0.354 e. The summed E-state index contributed by atoms with van der Waals surface area (Å²) < 4.78 is 12.6. The summed E-state index contributed by atoms with van der Waals surface area (Å²) in [7, 11) is 0. The van der Waals surface area contributed by atoms with Crippen molar-refractivity contribution < 1.29 is 34.4 Å². The van der Waals surface area contributed by atoms with E-state index < -0.39 is 5.97 Å². The van der Waals surface area contributed by atoms with Gasteiger partial charge >= 0.3 is 5.97 Å². The van der Waals surface area contributed by atoms with Crippen molar-refractivity contribution in [2.24, 2.45) is 0 Å². The molecule has 0 amide bonds. The number of carboxylic acids is 1. The first-order chi connectivity index (χ1) is 10.7. The molecule has 1 aromatic carbocycles. The van der Waals surface area contributed by atoms with Crippen LogP contribution in [-0.2, 0) is 20.1 Å². The van der Waals surface area contributed by atoms with Gasteiger partial charge in [0.15, 0.2) is 0 Å². The molecule has 0 bridgehead atoms.